The van der Waals surface area contributed by atoms with Crippen LogP contribution in [-0.4, -0.2) is 14.6 Å². The van der Waals surface area contributed by atoms with Crippen LogP contribution in [0.25, 0.3) is 16.9 Å². The Labute approximate surface area is 122 Å². The van der Waals surface area contributed by atoms with Gasteiger partial charge in [0, 0.05) is 28.5 Å². The number of hydrogen-bond acceptors (Lipinski definition) is 2. The summed E-state index contributed by atoms with van der Waals surface area (Å²) in [6.07, 6.45) is 6.72. The molecule has 1 aromatic carbocycles. The summed E-state index contributed by atoms with van der Waals surface area (Å²) in [6, 6.07) is 9.82. The fourth-order valence-electron chi connectivity index (χ4n) is 2.86. The second-order valence-electron chi connectivity index (χ2n) is 5.24. The van der Waals surface area contributed by atoms with Gasteiger partial charge in [0.25, 0.3) is 0 Å². The zero-order valence-corrected chi connectivity index (χ0v) is 11.8. The van der Waals surface area contributed by atoms with E-state index in [0.717, 1.165) is 34.8 Å². The maximum Gasteiger partial charge on any atom is 0.155 e. The van der Waals surface area contributed by atoms with Crippen molar-refractivity contribution in [3.63, 3.8) is 0 Å². The molecule has 0 atom stereocenters. The van der Waals surface area contributed by atoms with E-state index in [9.17, 15) is 0 Å². The van der Waals surface area contributed by atoms with Crippen LogP contribution in [0.3, 0.4) is 0 Å². The molecule has 0 unspecified atom stereocenters. The maximum atomic E-state index is 5.93. The Bertz CT molecular complexity index is 774. The van der Waals surface area contributed by atoms with Gasteiger partial charge >= 0.3 is 0 Å². The zero-order valence-electron chi connectivity index (χ0n) is 11.0. The number of nitrogens with zero attached hydrogens (tertiary/aromatic N) is 3. The van der Waals surface area contributed by atoms with E-state index in [0.29, 0.717) is 0 Å². The number of fused-ring (bicyclic) bond motifs is 3. The summed E-state index contributed by atoms with van der Waals surface area (Å²) >= 11 is 5.93. The summed E-state index contributed by atoms with van der Waals surface area (Å²) in [5.41, 5.74) is 5.61. The van der Waals surface area contributed by atoms with E-state index in [1.807, 2.05) is 41.0 Å². The van der Waals surface area contributed by atoms with Crippen molar-refractivity contribution in [1.82, 2.24) is 14.6 Å². The number of halogens is 1. The molecule has 1 aliphatic carbocycles. The quantitative estimate of drug-likeness (QED) is 0.677. The Hall–Kier alpha value is -1.87. The van der Waals surface area contributed by atoms with Crippen LogP contribution in [0.4, 0.5) is 0 Å². The van der Waals surface area contributed by atoms with E-state index in [-0.39, 0.29) is 0 Å². The molecule has 0 spiro atoms. The van der Waals surface area contributed by atoms with Crippen LogP contribution in [0.15, 0.2) is 36.5 Å². The highest BCUT2D eigenvalue weighted by molar-refractivity contribution is 6.30. The normalized spacial score (nSPS) is 14.4. The number of aryl methyl sites for hydroxylation is 2. The third-order valence-corrected chi connectivity index (χ3v) is 4.17. The van der Waals surface area contributed by atoms with Crippen molar-refractivity contribution in [3.05, 3.63) is 52.8 Å². The highest BCUT2D eigenvalue weighted by Crippen LogP contribution is 2.25. The average Bonchev–Trinajstić information content (AvgIpc) is 2.92. The fourth-order valence-corrected chi connectivity index (χ4v) is 2.99. The van der Waals surface area contributed by atoms with Crippen LogP contribution >= 0.6 is 11.6 Å². The van der Waals surface area contributed by atoms with E-state index in [2.05, 4.69) is 4.98 Å². The van der Waals surface area contributed by atoms with Crippen LogP contribution in [0.2, 0.25) is 5.02 Å². The highest BCUT2D eigenvalue weighted by atomic mass is 35.5. The van der Waals surface area contributed by atoms with Gasteiger partial charge in [-0.1, -0.05) is 23.7 Å². The Morgan fingerprint density at radius 2 is 1.85 bits per heavy atom. The molecular formula is C16H14ClN3. The standard InChI is InChI=1S/C16H14ClN3/c17-13-7-5-11(6-8-13)14-9-16-18-10-12-3-1-2-4-15(12)20(16)19-14/h5-10H,1-4H2. The van der Waals surface area contributed by atoms with Crippen LogP contribution in [-0.2, 0) is 12.8 Å². The fraction of sp³-hybridized carbons (Fsp3) is 0.250. The molecule has 2 heterocycles. The first-order valence-electron chi connectivity index (χ1n) is 6.94. The minimum absolute atomic E-state index is 0.744. The zero-order chi connectivity index (χ0) is 13.5. The molecule has 0 saturated carbocycles. The molecule has 4 heteroatoms. The largest absolute Gasteiger partial charge is 0.237 e. The minimum atomic E-state index is 0.744. The molecule has 0 amide bonds. The van der Waals surface area contributed by atoms with Crippen molar-refractivity contribution in [1.29, 1.82) is 0 Å². The third-order valence-electron chi connectivity index (χ3n) is 3.92. The van der Waals surface area contributed by atoms with Gasteiger partial charge in [0.05, 0.1) is 5.69 Å². The van der Waals surface area contributed by atoms with Crippen molar-refractivity contribution in [3.8, 4) is 11.3 Å². The van der Waals surface area contributed by atoms with Crippen LogP contribution < -0.4 is 0 Å². The molecule has 0 aliphatic heterocycles. The lowest BCUT2D eigenvalue weighted by Gasteiger charge is -2.15. The van der Waals surface area contributed by atoms with Gasteiger partial charge in [0.15, 0.2) is 5.65 Å². The number of hydrogen-bond donors (Lipinski definition) is 0. The highest BCUT2D eigenvalue weighted by Gasteiger charge is 2.15. The third kappa shape index (κ3) is 1.90. The topological polar surface area (TPSA) is 30.2 Å². The summed E-state index contributed by atoms with van der Waals surface area (Å²) in [5.74, 6) is 0. The van der Waals surface area contributed by atoms with Gasteiger partial charge in [-0.25, -0.2) is 9.50 Å². The van der Waals surface area contributed by atoms with Crippen molar-refractivity contribution < 1.29 is 0 Å². The van der Waals surface area contributed by atoms with Crippen molar-refractivity contribution in [2.45, 2.75) is 25.7 Å². The first-order valence-corrected chi connectivity index (χ1v) is 7.31. The van der Waals surface area contributed by atoms with Gasteiger partial charge in [-0.05, 0) is 43.4 Å². The van der Waals surface area contributed by atoms with Crippen molar-refractivity contribution >= 4 is 17.2 Å². The number of aromatic nitrogens is 3. The Kier molecular flexibility index (Phi) is 2.74. The lowest BCUT2D eigenvalue weighted by Crippen LogP contribution is -2.10. The summed E-state index contributed by atoms with van der Waals surface area (Å²) < 4.78 is 2.01. The summed E-state index contributed by atoms with van der Waals surface area (Å²) in [7, 11) is 0. The second-order valence-corrected chi connectivity index (χ2v) is 5.68. The minimum Gasteiger partial charge on any atom is -0.237 e. The molecule has 3 aromatic rings. The van der Waals surface area contributed by atoms with Crippen LogP contribution in [0.1, 0.15) is 24.1 Å². The number of benzene rings is 1. The van der Waals surface area contributed by atoms with E-state index >= 15 is 0 Å². The van der Waals surface area contributed by atoms with Crippen LogP contribution in [0.5, 0.6) is 0 Å². The van der Waals surface area contributed by atoms with Gasteiger partial charge in [0.2, 0.25) is 0 Å². The van der Waals surface area contributed by atoms with Gasteiger partial charge < -0.3 is 0 Å². The molecular weight excluding hydrogens is 270 g/mol. The molecule has 2 aromatic heterocycles. The Morgan fingerprint density at radius 3 is 2.70 bits per heavy atom. The Morgan fingerprint density at radius 1 is 1.05 bits per heavy atom. The van der Waals surface area contributed by atoms with Gasteiger partial charge in [-0.3, -0.25) is 0 Å². The molecule has 0 saturated heterocycles. The predicted molar refractivity (Wildman–Crippen MR) is 80.1 cm³/mol. The van der Waals surface area contributed by atoms with E-state index in [4.69, 9.17) is 16.7 Å². The molecule has 4 rings (SSSR count). The molecule has 1 aliphatic rings. The SMILES string of the molecule is Clc1ccc(-c2cc3ncc4c(n3n2)CCCC4)cc1. The van der Waals surface area contributed by atoms with Crippen molar-refractivity contribution in [2.75, 3.05) is 0 Å². The van der Waals surface area contributed by atoms with Gasteiger partial charge in [-0.15, -0.1) is 0 Å². The summed E-state index contributed by atoms with van der Waals surface area (Å²) in [4.78, 5) is 4.53. The first-order chi connectivity index (χ1) is 9.81. The van der Waals surface area contributed by atoms with Gasteiger partial charge in [0.1, 0.15) is 0 Å². The van der Waals surface area contributed by atoms with Crippen LogP contribution in [0, 0.1) is 0 Å². The monoisotopic (exact) mass is 283 g/mol. The van der Waals surface area contributed by atoms with E-state index in [1.54, 1.807) is 0 Å². The first kappa shape index (κ1) is 11.9. The Balaban J connectivity index is 1.88. The maximum absolute atomic E-state index is 5.93. The number of rotatable bonds is 1. The summed E-state index contributed by atoms with van der Waals surface area (Å²) in [6.45, 7) is 0. The summed E-state index contributed by atoms with van der Waals surface area (Å²) in [5, 5.41) is 5.48. The van der Waals surface area contributed by atoms with Crippen molar-refractivity contribution in [2.24, 2.45) is 0 Å². The average molecular weight is 284 g/mol. The van der Waals surface area contributed by atoms with E-state index in [1.165, 1.54) is 24.1 Å². The molecule has 0 N–H and O–H groups in total. The molecule has 0 radical (unpaired) electrons. The predicted octanol–water partition coefficient (Wildman–Crippen LogP) is 3.93. The molecule has 0 fully saturated rings. The van der Waals surface area contributed by atoms with E-state index < -0.39 is 0 Å². The molecule has 0 bridgehead atoms. The van der Waals surface area contributed by atoms with Gasteiger partial charge in [-0.2, -0.15) is 5.10 Å². The molecule has 3 nitrogen and oxygen atoms in total. The lowest BCUT2D eigenvalue weighted by atomic mass is 9.97. The second kappa shape index (κ2) is 4.60. The molecule has 20 heavy (non-hydrogen) atoms. The lowest BCUT2D eigenvalue weighted by molar-refractivity contribution is 0.641. The smallest absolute Gasteiger partial charge is 0.155 e. The molecule has 100 valence electrons.